The van der Waals surface area contributed by atoms with Crippen LogP contribution in [-0.2, 0) is 5.54 Å². The number of aromatic nitrogens is 1. The van der Waals surface area contributed by atoms with Gasteiger partial charge in [-0.15, -0.1) is 11.3 Å². The van der Waals surface area contributed by atoms with Gasteiger partial charge in [-0.2, -0.15) is 11.8 Å². The largest absolute Gasteiger partial charge is 0.334 e. The summed E-state index contributed by atoms with van der Waals surface area (Å²) >= 11 is 3.47. The summed E-state index contributed by atoms with van der Waals surface area (Å²) in [6.07, 6.45) is 7.44. The van der Waals surface area contributed by atoms with E-state index >= 15 is 0 Å². The fraction of sp³-hybridized carbons (Fsp3) is 0.714. The number of carbonyl (C=O) groups is 1. The highest BCUT2D eigenvalue weighted by molar-refractivity contribution is 7.99. The van der Waals surface area contributed by atoms with Crippen molar-refractivity contribution in [1.82, 2.24) is 15.6 Å². The van der Waals surface area contributed by atoms with Crippen LogP contribution >= 0.6 is 23.1 Å². The molecule has 1 aliphatic rings. The van der Waals surface area contributed by atoms with Crippen LogP contribution < -0.4 is 10.6 Å². The van der Waals surface area contributed by atoms with Crippen LogP contribution in [0.2, 0.25) is 0 Å². The van der Waals surface area contributed by atoms with Crippen LogP contribution in [-0.4, -0.2) is 28.6 Å². The molecule has 1 heterocycles. The van der Waals surface area contributed by atoms with Gasteiger partial charge in [0.2, 0.25) is 0 Å². The van der Waals surface area contributed by atoms with Crippen molar-refractivity contribution < 1.29 is 4.79 Å². The van der Waals surface area contributed by atoms with Gasteiger partial charge < -0.3 is 10.6 Å². The zero-order valence-electron chi connectivity index (χ0n) is 12.5. The van der Waals surface area contributed by atoms with E-state index in [0.717, 1.165) is 16.3 Å². The van der Waals surface area contributed by atoms with E-state index in [1.165, 1.54) is 12.8 Å². The molecule has 1 aliphatic carbocycles. The van der Waals surface area contributed by atoms with Crippen LogP contribution in [0.5, 0.6) is 0 Å². The predicted octanol–water partition coefficient (Wildman–Crippen LogP) is 3.27. The van der Waals surface area contributed by atoms with Gasteiger partial charge in [0, 0.05) is 22.4 Å². The average Bonchev–Trinajstić information content (AvgIpc) is 2.97. The van der Waals surface area contributed by atoms with E-state index in [1.54, 1.807) is 11.3 Å². The summed E-state index contributed by atoms with van der Waals surface area (Å²) in [7, 11) is 0. The molecule has 0 bridgehead atoms. The van der Waals surface area contributed by atoms with Crippen LogP contribution in [0.3, 0.4) is 0 Å². The zero-order valence-corrected chi connectivity index (χ0v) is 14.2. The molecule has 1 saturated carbocycles. The van der Waals surface area contributed by atoms with Gasteiger partial charge in [0.1, 0.15) is 5.01 Å². The van der Waals surface area contributed by atoms with Gasteiger partial charge >= 0.3 is 6.03 Å². The van der Waals surface area contributed by atoms with Crippen LogP contribution in [0, 0.1) is 6.92 Å². The van der Waals surface area contributed by atoms with E-state index in [2.05, 4.69) is 21.9 Å². The summed E-state index contributed by atoms with van der Waals surface area (Å²) in [5.74, 6) is 0. The smallest absolute Gasteiger partial charge is 0.315 e. The quantitative estimate of drug-likeness (QED) is 0.897. The van der Waals surface area contributed by atoms with Gasteiger partial charge in [0.05, 0.1) is 5.54 Å². The van der Waals surface area contributed by atoms with Gasteiger partial charge in [-0.3, -0.25) is 0 Å². The maximum absolute atomic E-state index is 12.2. The number of hydrogen-bond acceptors (Lipinski definition) is 4. The standard InChI is InChI=1S/C14H23N3OS2/c1-9-8-15-12(20-9)14(2,3)17-13(18)16-10-6-5-7-11(10)19-4/h8,10-11H,5-7H2,1-4H3,(H2,16,17,18)/t10-,11+/m1/s1. The fourth-order valence-corrected chi connectivity index (χ4v) is 4.32. The first-order chi connectivity index (χ1) is 9.42. The topological polar surface area (TPSA) is 54.0 Å². The first kappa shape index (κ1) is 15.6. The minimum atomic E-state index is -0.434. The summed E-state index contributed by atoms with van der Waals surface area (Å²) in [5.41, 5.74) is -0.434. The average molecular weight is 313 g/mol. The molecule has 2 atom stereocenters. The summed E-state index contributed by atoms with van der Waals surface area (Å²) in [6, 6.07) is 0.202. The van der Waals surface area contributed by atoms with Crippen molar-refractivity contribution in [2.75, 3.05) is 6.26 Å². The maximum Gasteiger partial charge on any atom is 0.315 e. The van der Waals surface area contributed by atoms with Gasteiger partial charge in [-0.05, 0) is 39.9 Å². The van der Waals surface area contributed by atoms with Crippen LogP contribution in [0.1, 0.15) is 43.0 Å². The first-order valence-corrected chi connectivity index (χ1v) is 9.07. The number of nitrogens with zero attached hydrogens (tertiary/aromatic N) is 1. The second-order valence-electron chi connectivity index (χ2n) is 5.81. The Hall–Kier alpha value is -0.750. The Kier molecular flexibility index (Phi) is 4.96. The van der Waals surface area contributed by atoms with E-state index in [9.17, 15) is 4.79 Å². The van der Waals surface area contributed by atoms with E-state index in [1.807, 2.05) is 38.7 Å². The SMILES string of the molecule is CS[C@H]1CCC[C@H]1NC(=O)NC(C)(C)c1ncc(C)s1. The Morgan fingerprint density at radius 1 is 1.50 bits per heavy atom. The minimum absolute atomic E-state index is 0.0891. The van der Waals surface area contributed by atoms with E-state index in [4.69, 9.17) is 0 Å². The Bertz CT molecular complexity index is 473. The van der Waals surface area contributed by atoms with E-state index < -0.39 is 5.54 Å². The van der Waals surface area contributed by atoms with Crippen LogP contribution in [0.4, 0.5) is 4.79 Å². The molecule has 2 rings (SSSR count). The molecule has 1 aromatic heterocycles. The highest BCUT2D eigenvalue weighted by Crippen LogP contribution is 2.29. The molecule has 2 amide bonds. The molecular formula is C14H23N3OS2. The van der Waals surface area contributed by atoms with Gasteiger partial charge in [0.25, 0.3) is 0 Å². The fourth-order valence-electron chi connectivity index (χ4n) is 2.56. The maximum atomic E-state index is 12.2. The third-order valence-electron chi connectivity index (χ3n) is 3.65. The van der Waals surface area contributed by atoms with Crippen molar-refractivity contribution in [2.24, 2.45) is 0 Å². The molecule has 0 aliphatic heterocycles. The number of aryl methyl sites for hydroxylation is 1. The molecular weight excluding hydrogens is 290 g/mol. The summed E-state index contributed by atoms with van der Waals surface area (Å²) in [6.45, 7) is 6.01. The highest BCUT2D eigenvalue weighted by Gasteiger charge is 2.31. The molecule has 0 saturated heterocycles. The molecule has 0 radical (unpaired) electrons. The third kappa shape index (κ3) is 3.67. The Balaban J connectivity index is 1.93. The van der Waals surface area contributed by atoms with E-state index in [0.29, 0.717) is 11.3 Å². The molecule has 0 unspecified atom stereocenters. The lowest BCUT2D eigenvalue weighted by atomic mass is 10.1. The van der Waals surface area contributed by atoms with Crippen molar-refractivity contribution in [3.63, 3.8) is 0 Å². The lowest BCUT2D eigenvalue weighted by molar-refractivity contribution is 0.226. The van der Waals surface area contributed by atoms with Crippen molar-refractivity contribution >= 4 is 29.1 Å². The number of urea groups is 1. The Morgan fingerprint density at radius 3 is 2.85 bits per heavy atom. The van der Waals surface area contributed by atoms with Gasteiger partial charge in [-0.25, -0.2) is 9.78 Å². The number of thiazole rings is 1. The summed E-state index contributed by atoms with van der Waals surface area (Å²) in [5, 5.41) is 7.65. The molecule has 20 heavy (non-hydrogen) atoms. The second kappa shape index (κ2) is 6.35. The lowest BCUT2D eigenvalue weighted by Crippen LogP contribution is -2.50. The Labute approximate surface area is 129 Å². The number of nitrogens with one attached hydrogen (secondary N) is 2. The second-order valence-corrected chi connectivity index (χ2v) is 8.12. The lowest BCUT2D eigenvalue weighted by Gasteiger charge is -2.26. The molecule has 0 aromatic carbocycles. The summed E-state index contributed by atoms with van der Waals surface area (Å²) in [4.78, 5) is 17.7. The molecule has 1 aromatic rings. The van der Waals surface area contributed by atoms with Crippen molar-refractivity contribution in [2.45, 2.75) is 56.9 Å². The monoisotopic (exact) mass is 313 g/mol. The molecule has 6 heteroatoms. The molecule has 1 fully saturated rings. The number of carbonyl (C=O) groups excluding carboxylic acids is 1. The number of hydrogen-bond donors (Lipinski definition) is 2. The third-order valence-corrected chi connectivity index (χ3v) is 6.06. The van der Waals surface area contributed by atoms with E-state index in [-0.39, 0.29) is 6.03 Å². The summed E-state index contributed by atoms with van der Waals surface area (Å²) < 4.78 is 0. The molecule has 2 N–H and O–H groups in total. The number of amides is 2. The zero-order chi connectivity index (χ0) is 14.8. The van der Waals surface area contributed by atoms with Crippen LogP contribution in [0.15, 0.2) is 6.20 Å². The molecule has 112 valence electrons. The molecule has 0 spiro atoms. The first-order valence-electron chi connectivity index (χ1n) is 6.97. The van der Waals surface area contributed by atoms with Crippen molar-refractivity contribution in [3.05, 3.63) is 16.1 Å². The van der Waals surface area contributed by atoms with Gasteiger partial charge in [0.15, 0.2) is 0 Å². The van der Waals surface area contributed by atoms with Gasteiger partial charge in [-0.1, -0.05) is 6.42 Å². The van der Waals surface area contributed by atoms with Crippen molar-refractivity contribution in [3.8, 4) is 0 Å². The Morgan fingerprint density at radius 2 is 2.25 bits per heavy atom. The predicted molar refractivity (Wildman–Crippen MR) is 86.5 cm³/mol. The van der Waals surface area contributed by atoms with Crippen LogP contribution in [0.25, 0.3) is 0 Å². The molecule has 4 nitrogen and oxygen atoms in total. The number of rotatable bonds is 4. The minimum Gasteiger partial charge on any atom is -0.334 e. The number of thioether (sulfide) groups is 1. The van der Waals surface area contributed by atoms with Crippen molar-refractivity contribution in [1.29, 1.82) is 0 Å². The highest BCUT2D eigenvalue weighted by atomic mass is 32.2. The normalized spacial score (nSPS) is 22.8.